The molecule has 6 nitrogen and oxygen atoms in total. The molecule has 2 unspecified atom stereocenters. The molecule has 1 saturated heterocycles. The number of aromatic nitrogens is 2. The third-order valence-electron chi connectivity index (χ3n) is 3.61. The number of fused-ring (bicyclic) bond motifs is 1. The number of ether oxygens (including phenoxy) is 1. The summed E-state index contributed by atoms with van der Waals surface area (Å²) >= 11 is 0. The number of hydrazine groups is 1. The fourth-order valence-electron chi connectivity index (χ4n) is 2.82. The van der Waals surface area contributed by atoms with Gasteiger partial charge < -0.3 is 9.64 Å². The maximum absolute atomic E-state index is 13.9. The molecule has 0 spiro atoms. The molecule has 1 aliphatic heterocycles. The molecule has 1 aliphatic carbocycles. The largest absolute Gasteiger partial charge is 0.374 e. The second-order valence-corrected chi connectivity index (χ2v) is 4.61. The molecule has 98 valence electrons. The Morgan fingerprint density at radius 2 is 2.39 bits per heavy atom. The van der Waals surface area contributed by atoms with Crippen LogP contribution in [-0.4, -0.2) is 35.3 Å². The van der Waals surface area contributed by atoms with Gasteiger partial charge in [-0.05, 0) is 19.3 Å². The van der Waals surface area contributed by atoms with Crippen LogP contribution in [0.25, 0.3) is 0 Å². The van der Waals surface area contributed by atoms with Gasteiger partial charge in [-0.2, -0.15) is 4.98 Å². The first-order chi connectivity index (χ1) is 8.79. The van der Waals surface area contributed by atoms with Gasteiger partial charge in [0.25, 0.3) is 0 Å². The molecule has 18 heavy (non-hydrogen) atoms. The summed E-state index contributed by atoms with van der Waals surface area (Å²) in [5, 5.41) is 0. The molecule has 2 atom stereocenters. The Labute approximate surface area is 104 Å². The summed E-state index contributed by atoms with van der Waals surface area (Å²) in [4.78, 5) is 9.87. The van der Waals surface area contributed by atoms with E-state index in [1.165, 1.54) is 0 Å². The van der Waals surface area contributed by atoms with Gasteiger partial charge in [0.15, 0.2) is 11.6 Å². The van der Waals surface area contributed by atoms with Gasteiger partial charge in [0.2, 0.25) is 5.95 Å². The number of hydrogen-bond acceptors (Lipinski definition) is 6. The van der Waals surface area contributed by atoms with Gasteiger partial charge in [0.05, 0.1) is 24.9 Å². The average Bonchev–Trinajstić information content (AvgIpc) is 2.87. The molecule has 1 aromatic rings. The number of nitrogens with zero attached hydrogens (tertiary/aromatic N) is 3. The summed E-state index contributed by atoms with van der Waals surface area (Å²) in [6.45, 7) is 1.26. The average molecular weight is 253 g/mol. The van der Waals surface area contributed by atoms with E-state index >= 15 is 0 Å². The van der Waals surface area contributed by atoms with E-state index in [4.69, 9.17) is 10.6 Å². The summed E-state index contributed by atoms with van der Waals surface area (Å²) in [5.41, 5.74) is 2.35. The predicted molar refractivity (Wildman–Crippen MR) is 64.5 cm³/mol. The van der Waals surface area contributed by atoms with Crippen molar-refractivity contribution < 1.29 is 9.13 Å². The Morgan fingerprint density at radius 3 is 3.22 bits per heavy atom. The molecule has 0 radical (unpaired) electrons. The van der Waals surface area contributed by atoms with E-state index < -0.39 is 5.82 Å². The van der Waals surface area contributed by atoms with Crippen LogP contribution >= 0.6 is 0 Å². The molecular weight excluding hydrogens is 237 g/mol. The molecule has 0 aromatic carbocycles. The molecule has 2 fully saturated rings. The van der Waals surface area contributed by atoms with Crippen molar-refractivity contribution in [3.05, 3.63) is 12.0 Å². The zero-order valence-electron chi connectivity index (χ0n) is 9.97. The lowest BCUT2D eigenvalue weighted by molar-refractivity contribution is 0.0250. The van der Waals surface area contributed by atoms with Crippen LogP contribution in [0, 0.1) is 5.82 Å². The van der Waals surface area contributed by atoms with Gasteiger partial charge in [-0.1, -0.05) is 0 Å². The van der Waals surface area contributed by atoms with Gasteiger partial charge >= 0.3 is 0 Å². The van der Waals surface area contributed by atoms with Crippen molar-refractivity contribution in [1.82, 2.24) is 9.97 Å². The van der Waals surface area contributed by atoms with Gasteiger partial charge in [0, 0.05) is 6.54 Å². The second-order valence-electron chi connectivity index (χ2n) is 4.61. The summed E-state index contributed by atoms with van der Waals surface area (Å²) in [5.74, 6) is 5.40. The molecule has 2 heterocycles. The summed E-state index contributed by atoms with van der Waals surface area (Å²) in [7, 11) is 0. The number of halogens is 1. The number of nitrogens with two attached hydrogens (primary N) is 1. The zero-order chi connectivity index (χ0) is 12.5. The fraction of sp³-hybridized carbons (Fsp3) is 0.636. The normalized spacial score (nSPS) is 27.1. The van der Waals surface area contributed by atoms with Crippen LogP contribution < -0.4 is 16.2 Å². The van der Waals surface area contributed by atoms with Crippen molar-refractivity contribution in [2.24, 2.45) is 5.84 Å². The maximum atomic E-state index is 13.9. The molecule has 2 aliphatic rings. The van der Waals surface area contributed by atoms with E-state index in [0.717, 1.165) is 25.5 Å². The van der Waals surface area contributed by atoms with Crippen molar-refractivity contribution in [3.63, 3.8) is 0 Å². The van der Waals surface area contributed by atoms with Crippen LogP contribution in [0.5, 0.6) is 0 Å². The van der Waals surface area contributed by atoms with Crippen LogP contribution in [0.4, 0.5) is 16.2 Å². The van der Waals surface area contributed by atoms with Crippen LogP contribution in [0.15, 0.2) is 6.20 Å². The number of hydrogen-bond donors (Lipinski definition) is 2. The summed E-state index contributed by atoms with van der Waals surface area (Å²) in [6, 6.07) is 0.216. The Balaban J connectivity index is 1.93. The van der Waals surface area contributed by atoms with E-state index in [1.807, 2.05) is 4.90 Å². The quantitative estimate of drug-likeness (QED) is 0.595. The first-order valence-electron chi connectivity index (χ1n) is 6.17. The first kappa shape index (κ1) is 11.6. The lowest BCUT2D eigenvalue weighted by Crippen LogP contribution is -2.49. The van der Waals surface area contributed by atoms with Crippen molar-refractivity contribution in [2.75, 3.05) is 23.5 Å². The SMILES string of the molecule is NNc1ncc(F)c(N2CCOC3CCCC32)n1. The number of morpholine rings is 1. The topological polar surface area (TPSA) is 76.3 Å². The van der Waals surface area contributed by atoms with Gasteiger partial charge in [-0.3, -0.25) is 5.43 Å². The lowest BCUT2D eigenvalue weighted by atomic mass is 10.1. The lowest BCUT2D eigenvalue weighted by Gasteiger charge is -2.38. The predicted octanol–water partition coefficient (Wildman–Crippen LogP) is 0.659. The van der Waals surface area contributed by atoms with Crippen molar-refractivity contribution >= 4 is 11.8 Å². The van der Waals surface area contributed by atoms with Crippen LogP contribution in [0.1, 0.15) is 19.3 Å². The highest BCUT2D eigenvalue weighted by atomic mass is 19.1. The number of nitrogens with one attached hydrogen (secondary N) is 1. The Morgan fingerprint density at radius 1 is 1.50 bits per heavy atom. The zero-order valence-corrected chi connectivity index (χ0v) is 9.97. The second kappa shape index (κ2) is 4.66. The third kappa shape index (κ3) is 1.89. The Kier molecular flexibility index (Phi) is 3.00. The highest BCUT2D eigenvalue weighted by molar-refractivity contribution is 5.45. The fourth-order valence-corrected chi connectivity index (χ4v) is 2.82. The monoisotopic (exact) mass is 253 g/mol. The van der Waals surface area contributed by atoms with E-state index in [-0.39, 0.29) is 18.1 Å². The molecule has 1 aromatic heterocycles. The minimum Gasteiger partial charge on any atom is -0.374 e. The van der Waals surface area contributed by atoms with Crippen LogP contribution in [-0.2, 0) is 4.74 Å². The molecule has 3 rings (SSSR count). The molecular formula is C11H16FN5O. The smallest absolute Gasteiger partial charge is 0.239 e. The molecule has 1 saturated carbocycles. The van der Waals surface area contributed by atoms with Crippen LogP contribution in [0.3, 0.4) is 0 Å². The Hall–Kier alpha value is -1.47. The van der Waals surface area contributed by atoms with Gasteiger partial charge in [0.1, 0.15) is 0 Å². The molecule has 7 heteroatoms. The molecule has 3 N–H and O–H groups in total. The maximum Gasteiger partial charge on any atom is 0.239 e. The van der Waals surface area contributed by atoms with Crippen molar-refractivity contribution in [3.8, 4) is 0 Å². The van der Waals surface area contributed by atoms with E-state index in [0.29, 0.717) is 19.0 Å². The van der Waals surface area contributed by atoms with Crippen molar-refractivity contribution in [1.29, 1.82) is 0 Å². The number of nitrogen functional groups attached to an aromatic ring is 1. The third-order valence-corrected chi connectivity index (χ3v) is 3.61. The molecule has 0 amide bonds. The van der Waals surface area contributed by atoms with E-state index in [9.17, 15) is 4.39 Å². The van der Waals surface area contributed by atoms with E-state index in [1.54, 1.807) is 0 Å². The summed E-state index contributed by atoms with van der Waals surface area (Å²) in [6.07, 6.45) is 4.51. The Bertz CT molecular complexity index is 443. The van der Waals surface area contributed by atoms with Crippen molar-refractivity contribution in [2.45, 2.75) is 31.4 Å². The standard InChI is InChI=1S/C11H16FN5O/c12-7-6-14-11(16-13)15-10(7)17-4-5-18-9-3-1-2-8(9)17/h6,8-9H,1-5,13H2,(H,14,15,16). The number of rotatable bonds is 2. The van der Waals surface area contributed by atoms with Gasteiger partial charge in [-0.25, -0.2) is 15.2 Å². The minimum absolute atomic E-state index is 0.197. The first-order valence-corrected chi connectivity index (χ1v) is 6.17. The summed E-state index contributed by atoms with van der Waals surface area (Å²) < 4.78 is 19.6. The number of anilines is 2. The van der Waals surface area contributed by atoms with Crippen LogP contribution in [0.2, 0.25) is 0 Å². The minimum atomic E-state index is -0.415. The highest BCUT2D eigenvalue weighted by Crippen LogP contribution is 2.33. The molecule has 0 bridgehead atoms. The highest BCUT2D eigenvalue weighted by Gasteiger charge is 2.37. The van der Waals surface area contributed by atoms with E-state index in [2.05, 4.69) is 15.4 Å². The van der Waals surface area contributed by atoms with Gasteiger partial charge in [-0.15, -0.1) is 0 Å².